The maximum absolute atomic E-state index is 13.3. The van der Waals surface area contributed by atoms with E-state index in [0.717, 1.165) is 12.1 Å². The van der Waals surface area contributed by atoms with Gasteiger partial charge in [0.2, 0.25) is 5.82 Å². The Kier molecular flexibility index (Phi) is 5.19. The highest BCUT2D eigenvalue weighted by Crippen LogP contribution is 2.17. The Labute approximate surface area is 103 Å². The second-order valence-electron chi connectivity index (χ2n) is 3.53. The first-order valence-electron chi connectivity index (χ1n) is 5.27. The number of rotatable bonds is 6. The number of carbonyl (C=O) groups is 1. The van der Waals surface area contributed by atoms with Gasteiger partial charge in [0.15, 0.2) is 0 Å². The first kappa shape index (κ1) is 14.0. The summed E-state index contributed by atoms with van der Waals surface area (Å²) in [5, 5.41) is 13.0. The van der Waals surface area contributed by atoms with Gasteiger partial charge < -0.3 is 10.1 Å². The molecule has 1 aromatic rings. The summed E-state index contributed by atoms with van der Waals surface area (Å²) in [7, 11) is 1.55. The molecule has 1 rings (SSSR count). The fourth-order valence-electron chi connectivity index (χ4n) is 1.32. The largest absolute Gasteiger partial charge is 0.385 e. The molecule has 0 aromatic heterocycles. The van der Waals surface area contributed by atoms with Crippen LogP contribution < -0.4 is 5.32 Å². The van der Waals surface area contributed by atoms with Gasteiger partial charge in [-0.2, -0.15) is 4.39 Å². The van der Waals surface area contributed by atoms with Crippen molar-refractivity contribution in [1.29, 1.82) is 0 Å². The quantitative estimate of drug-likeness (QED) is 0.475. The van der Waals surface area contributed by atoms with Crippen LogP contribution in [-0.2, 0) is 4.74 Å². The van der Waals surface area contributed by atoms with Crippen LogP contribution in [0.3, 0.4) is 0 Å². The molecule has 1 amide bonds. The van der Waals surface area contributed by atoms with Crippen molar-refractivity contribution in [1.82, 2.24) is 5.32 Å². The Morgan fingerprint density at radius 1 is 1.56 bits per heavy atom. The predicted molar refractivity (Wildman–Crippen MR) is 61.9 cm³/mol. The lowest BCUT2D eigenvalue weighted by Crippen LogP contribution is -2.25. The minimum atomic E-state index is -1.02. The molecular weight excluding hydrogens is 243 g/mol. The highest BCUT2D eigenvalue weighted by molar-refractivity contribution is 5.94. The van der Waals surface area contributed by atoms with Gasteiger partial charge in [0, 0.05) is 31.9 Å². The van der Waals surface area contributed by atoms with E-state index >= 15 is 0 Å². The Morgan fingerprint density at radius 2 is 2.28 bits per heavy atom. The molecule has 0 bridgehead atoms. The van der Waals surface area contributed by atoms with Crippen molar-refractivity contribution in [3.8, 4) is 0 Å². The molecule has 0 unspecified atom stereocenters. The Bertz CT molecular complexity index is 451. The van der Waals surface area contributed by atoms with Gasteiger partial charge in [-0.25, -0.2) is 0 Å². The van der Waals surface area contributed by atoms with Crippen LogP contribution in [0.25, 0.3) is 0 Å². The minimum Gasteiger partial charge on any atom is -0.385 e. The van der Waals surface area contributed by atoms with Crippen molar-refractivity contribution in [2.75, 3.05) is 20.3 Å². The Morgan fingerprint density at radius 3 is 2.83 bits per heavy atom. The van der Waals surface area contributed by atoms with E-state index < -0.39 is 22.3 Å². The monoisotopic (exact) mass is 256 g/mol. The Hall–Kier alpha value is -2.02. The second-order valence-corrected chi connectivity index (χ2v) is 3.53. The highest BCUT2D eigenvalue weighted by Gasteiger charge is 2.16. The van der Waals surface area contributed by atoms with E-state index in [1.807, 2.05) is 0 Å². The fourth-order valence-corrected chi connectivity index (χ4v) is 1.32. The number of nitro benzene ring substituents is 1. The van der Waals surface area contributed by atoms with E-state index in [1.54, 1.807) is 7.11 Å². The lowest BCUT2D eigenvalue weighted by Gasteiger charge is -2.04. The van der Waals surface area contributed by atoms with E-state index in [0.29, 0.717) is 19.6 Å². The lowest BCUT2D eigenvalue weighted by molar-refractivity contribution is -0.387. The molecule has 98 valence electrons. The smallest absolute Gasteiger partial charge is 0.304 e. The third-order valence-electron chi connectivity index (χ3n) is 2.22. The first-order valence-corrected chi connectivity index (χ1v) is 5.27. The number of carbonyl (C=O) groups excluding carboxylic acids is 1. The van der Waals surface area contributed by atoms with Crippen LogP contribution in [0.2, 0.25) is 0 Å². The number of benzene rings is 1. The van der Waals surface area contributed by atoms with Gasteiger partial charge in [-0.3, -0.25) is 14.9 Å². The molecule has 1 N–H and O–H groups in total. The van der Waals surface area contributed by atoms with E-state index in [1.165, 1.54) is 6.07 Å². The average molecular weight is 256 g/mol. The fraction of sp³-hybridized carbons (Fsp3) is 0.364. The number of halogens is 1. The lowest BCUT2D eigenvalue weighted by atomic mass is 10.2. The molecule has 0 aliphatic carbocycles. The third-order valence-corrected chi connectivity index (χ3v) is 2.22. The number of nitrogens with one attached hydrogen (secondary N) is 1. The zero-order valence-corrected chi connectivity index (χ0v) is 9.81. The summed E-state index contributed by atoms with van der Waals surface area (Å²) in [4.78, 5) is 21.1. The van der Waals surface area contributed by atoms with E-state index in [-0.39, 0.29) is 5.56 Å². The van der Waals surface area contributed by atoms with Gasteiger partial charge >= 0.3 is 5.69 Å². The molecule has 7 heteroatoms. The summed E-state index contributed by atoms with van der Waals surface area (Å²) in [6.45, 7) is 0.903. The number of ether oxygens (including phenoxy) is 1. The molecular formula is C11H13FN2O4. The molecule has 0 fully saturated rings. The van der Waals surface area contributed by atoms with Gasteiger partial charge in [0.25, 0.3) is 5.91 Å². The van der Waals surface area contributed by atoms with E-state index in [2.05, 4.69) is 5.32 Å². The van der Waals surface area contributed by atoms with Crippen LogP contribution in [0.1, 0.15) is 16.8 Å². The van der Waals surface area contributed by atoms with Gasteiger partial charge in [0.05, 0.1) is 4.92 Å². The predicted octanol–water partition coefficient (Wildman–Crippen LogP) is 1.50. The highest BCUT2D eigenvalue weighted by atomic mass is 19.1. The van der Waals surface area contributed by atoms with Crippen LogP contribution >= 0.6 is 0 Å². The summed E-state index contributed by atoms with van der Waals surface area (Å²) in [5.41, 5.74) is -0.596. The maximum atomic E-state index is 13.3. The maximum Gasteiger partial charge on any atom is 0.304 e. The molecule has 6 nitrogen and oxygen atoms in total. The minimum absolute atomic E-state index is 0.0514. The summed E-state index contributed by atoms with van der Waals surface area (Å²) in [5.74, 6) is -1.50. The van der Waals surface area contributed by atoms with Crippen molar-refractivity contribution in [2.24, 2.45) is 0 Å². The average Bonchev–Trinajstić information content (AvgIpc) is 2.33. The topological polar surface area (TPSA) is 81.5 Å². The zero-order valence-electron chi connectivity index (χ0n) is 9.81. The number of amides is 1. The van der Waals surface area contributed by atoms with Gasteiger partial charge in [-0.05, 0) is 18.6 Å². The number of hydrogen-bond donors (Lipinski definition) is 1. The molecule has 0 aliphatic heterocycles. The zero-order chi connectivity index (χ0) is 13.5. The summed E-state index contributed by atoms with van der Waals surface area (Å²) in [6.07, 6.45) is 0.637. The van der Waals surface area contributed by atoms with E-state index in [9.17, 15) is 19.3 Å². The number of hydrogen-bond acceptors (Lipinski definition) is 4. The first-order chi connectivity index (χ1) is 8.56. The van der Waals surface area contributed by atoms with Crippen molar-refractivity contribution >= 4 is 11.6 Å². The van der Waals surface area contributed by atoms with Gasteiger partial charge in [-0.1, -0.05) is 0 Å². The van der Waals surface area contributed by atoms with Crippen LogP contribution in [0.5, 0.6) is 0 Å². The molecule has 0 saturated carbocycles. The normalized spacial score (nSPS) is 10.1. The van der Waals surface area contributed by atoms with Crippen LogP contribution in [0.15, 0.2) is 18.2 Å². The number of nitro groups is 1. The van der Waals surface area contributed by atoms with Crippen molar-refractivity contribution in [3.05, 3.63) is 39.7 Å². The van der Waals surface area contributed by atoms with Gasteiger partial charge in [0.1, 0.15) is 0 Å². The van der Waals surface area contributed by atoms with Crippen molar-refractivity contribution in [3.63, 3.8) is 0 Å². The van der Waals surface area contributed by atoms with Crippen molar-refractivity contribution < 1.29 is 18.8 Å². The van der Waals surface area contributed by atoms with Crippen LogP contribution in [0.4, 0.5) is 10.1 Å². The van der Waals surface area contributed by atoms with Crippen LogP contribution in [0, 0.1) is 15.9 Å². The number of nitrogens with zero attached hydrogens (tertiary/aromatic N) is 1. The summed E-state index contributed by atoms with van der Waals surface area (Å²) in [6, 6.07) is 3.04. The molecule has 0 saturated heterocycles. The molecule has 18 heavy (non-hydrogen) atoms. The standard InChI is InChI=1S/C11H13FN2O4/c1-18-6-2-5-13-11(15)8-3-4-10(14(16)17)9(12)7-8/h3-4,7H,2,5-6H2,1H3,(H,13,15). The SMILES string of the molecule is COCCCNC(=O)c1ccc([N+](=O)[O-])c(F)c1. The second kappa shape index (κ2) is 6.65. The number of methoxy groups -OCH3 is 1. The van der Waals surface area contributed by atoms with Crippen molar-refractivity contribution in [2.45, 2.75) is 6.42 Å². The van der Waals surface area contributed by atoms with Gasteiger partial charge in [-0.15, -0.1) is 0 Å². The molecule has 1 aromatic carbocycles. The Balaban J connectivity index is 2.64. The molecule has 0 heterocycles. The third kappa shape index (κ3) is 3.77. The molecule has 0 atom stereocenters. The van der Waals surface area contributed by atoms with Crippen LogP contribution in [-0.4, -0.2) is 31.1 Å². The summed E-state index contributed by atoms with van der Waals surface area (Å²) >= 11 is 0. The molecule has 0 radical (unpaired) electrons. The summed E-state index contributed by atoms with van der Waals surface area (Å²) < 4.78 is 18.1. The van der Waals surface area contributed by atoms with E-state index in [4.69, 9.17) is 4.74 Å². The molecule has 0 spiro atoms. The molecule has 0 aliphatic rings.